The first-order valence-electron chi connectivity index (χ1n) is 6.94. The smallest absolute Gasteiger partial charge is 0.261 e. The fourth-order valence-electron chi connectivity index (χ4n) is 2.36. The van der Waals surface area contributed by atoms with E-state index in [1.165, 1.54) is 12.1 Å². The summed E-state index contributed by atoms with van der Waals surface area (Å²) in [5.41, 5.74) is 1.23. The van der Waals surface area contributed by atoms with Gasteiger partial charge in [-0.25, -0.2) is 4.85 Å². The Balaban J connectivity index is 2.11. The van der Waals surface area contributed by atoms with E-state index < -0.39 is 5.91 Å². The summed E-state index contributed by atoms with van der Waals surface area (Å²) in [7, 11) is 0. The molecule has 1 amide bonds. The van der Waals surface area contributed by atoms with Crippen LogP contribution in [-0.4, -0.2) is 35.0 Å². The zero-order chi connectivity index (χ0) is 16.2. The van der Waals surface area contributed by atoms with E-state index in [0.717, 1.165) is 0 Å². The molecule has 0 aliphatic carbocycles. The first-order chi connectivity index (χ1) is 11.2. The predicted octanol–water partition coefficient (Wildman–Crippen LogP) is 1.69. The number of aromatic nitrogens is 1. The van der Waals surface area contributed by atoms with Crippen molar-refractivity contribution in [2.45, 2.75) is 0 Å². The number of aromatic hydroxyl groups is 1. The molecule has 1 aliphatic heterocycles. The Bertz CT molecular complexity index is 824. The minimum Gasteiger partial charge on any atom is -0.507 e. The number of hydrogen-bond acceptors (Lipinski definition) is 5. The van der Waals surface area contributed by atoms with E-state index in [2.05, 4.69) is 25.5 Å². The average molecular weight is 307 g/mol. The van der Waals surface area contributed by atoms with Crippen molar-refractivity contribution in [2.75, 3.05) is 13.1 Å². The van der Waals surface area contributed by atoms with Gasteiger partial charge < -0.3 is 10.4 Å². The van der Waals surface area contributed by atoms with Gasteiger partial charge in [-0.1, -0.05) is 12.1 Å². The van der Waals surface area contributed by atoms with Crippen LogP contribution < -0.4 is 10.6 Å². The second kappa shape index (κ2) is 6.15. The lowest BCUT2D eigenvalue weighted by Gasteiger charge is -2.13. The first-order valence-corrected chi connectivity index (χ1v) is 6.94. The summed E-state index contributed by atoms with van der Waals surface area (Å²) in [6.45, 7) is 8.56. The summed E-state index contributed by atoms with van der Waals surface area (Å²) in [5.74, 6) is -0.368. The topological polar surface area (TPSA) is 91.0 Å². The summed E-state index contributed by atoms with van der Waals surface area (Å²) in [4.78, 5) is 24.1. The Morgan fingerprint density at radius 2 is 2.26 bits per heavy atom. The zero-order valence-electron chi connectivity index (χ0n) is 12.1. The highest BCUT2D eigenvalue weighted by Gasteiger charge is 2.22. The largest absolute Gasteiger partial charge is 0.507 e. The lowest BCUT2D eigenvalue weighted by molar-refractivity contribution is 0.0974. The van der Waals surface area contributed by atoms with Crippen LogP contribution in [0.15, 0.2) is 41.7 Å². The summed E-state index contributed by atoms with van der Waals surface area (Å²) < 4.78 is 0. The highest BCUT2D eigenvalue weighted by atomic mass is 16.3. The number of nitrogens with zero attached hydrogens (tertiary/aromatic N) is 3. The van der Waals surface area contributed by atoms with Crippen LogP contribution in [0.5, 0.6) is 5.75 Å². The number of benzene rings is 1. The third-order valence-corrected chi connectivity index (χ3v) is 3.37. The molecule has 0 fully saturated rings. The van der Waals surface area contributed by atoms with Crippen LogP contribution in [0, 0.1) is 6.57 Å². The Morgan fingerprint density at radius 3 is 2.91 bits per heavy atom. The van der Waals surface area contributed by atoms with Crippen LogP contribution >= 0.6 is 0 Å². The molecule has 1 aromatic carbocycles. The van der Waals surface area contributed by atoms with Gasteiger partial charge >= 0.3 is 0 Å². The van der Waals surface area contributed by atoms with E-state index in [9.17, 15) is 9.90 Å². The van der Waals surface area contributed by atoms with Crippen LogP contribution in [0.25, 0.3) is 16.0 Å². The number of nitrogens with one attached hydrogen (secondary N) is 2. The number of phenols is 1. The number of guanidine groups is 1. The summed E-state index contributed by atoms with van der Waals surface area (Å²) in [5, 5.41) is 15.7. The van der Waals surface area contributed by atoms with Gasteiger partial charge in [-0.2, -0.15) is 0 Å². The van der Waals surface area contributed by atoms with Crippen molar-refractivity contribution in [3.8, 4) is 16.9 Å². The molecule has 0 spiro atoms. The zero-order valence-corrected chi connectivity index (χ0v) is 12.1. The molecule has 1 aliphatic rings. The molecule has 114 valence electrons. The first kappa shape index (κ1) is 14.5. The van der Waals surface area contributed by atoms with E-state index >= 15 is 0 Å². The number of rotatable bonds is 2. The van der Waals surface area contributed by atoms with E-state index in [1.807, 2.05) is 0 Å². The van der Waals surface area contributed by atoms with Crippen molar-refractivity contribution in [2.24, 2.45) is 4.99 Å². The van der Waals surface area contributed by atoms with E-state index in [0.29, 0.717) is 30.2 Å². The lowest BCUT2D eigenvalue weighted by atomic mass is 9.97. The maximum absolute atomic E-state index is 12.6. The Morgan fingerprint density at radius 1 is 1.39 bits per heavy atom. The molecule has 3 N–H and O–H groups in total. The Labute approximate surface area is 132 Å². The fourth-order valence-corrected chi connectivity index (χ4v) is 2.36. The summed E-state index contributed by atoms with van der Waals surface area (Å²) >= 11 is 0. The van der Waals surface area contributed by atoms with Gasteiger partial charge in [0.25, 0.3) is 5.91 Å². The molecule has 1 aromatic heterocycles. The molecule has 0 atom stereocenters. The molecule has 23 heavy (non-hydrogen) atoms. The van der Waals surface area contributed by atoms with Crippen molar-refractivity contribution in [1.82, 2.24) is 15.6 Å². The number of carbonyl (C=O) groups excluding carboxylic acids is 1. The van der Waals surface area contributed by atoms with Crippen molar-refractivity contribution >= 4 is 17.6 Å². The number of phenolic OH excluding ortho intramolecular Hbond substituents is 1. The van der Waals surface area contributed by atoms with Crippen LogP contribution in [0.4, 0.5) is 5.69 Å². The van der Waals surface area contributed by atoms with Crippen LogP contribution in [-0.2, 0) is 0 Å². The third kappa shape index (κ3) is 2.82. The molecule has 2 aromatic rings. The van der Waals surface area contributed by atoms with E-state index in [4.69, 9.17) is 6.57 Å². The van der Waals surface area contributed by atoms with Gasteiger partial charge in [-0.15, -0.1) is 0 Å². The molecule has 0 radical (unpaired) electrons. The standard InChI is InChI=1S/C16H13N5O2/c1-17-11-4-5-12(22)14(13(11)10-3-2-6-18-9-10)15(23)21-16-19-7-8-20-16/h2-6,9,22H,7-8H2,(H2,19,20,21,23). The number of pyridine rings is 1. The average Bonchev–Trinajstić information content (AvgIpc) is 3.08. The maximum atomic E-state index is 12.6. The van der Waals surface area contributed by atoms with Crippen LogP contribution in [0.3, 0.4) is 0 Å². The fraction of sp³-hybridized carbons (Fsp3) is 0.125. The van der Waals surface area contributed by atoms with Gasteiger partial charge in [0.2, 0.25) is 0 Å². The molecule has 2 heterocycles. The van der Waals surface area contributed by atoms with Gasteiger partial charge in [0.1, 0.15) is 5.75 Å². The lowest BCUT2D eigenvalue weighted by Crippen LogP contribution is -2.38. The van der Waals surface area contributed by atoms with Gasteiger partial charge in [0, 0.05) is 24.5 Å². The van der Waals surface area contributed by atoms with E-state index in [-0.39, 0.29) is 17.0 Å². The monoisotopic (exact) mass is 307 g/mol. The highest BCUT2D eigenvalue weighted by molar-refractivity contribution is 6.12. The van der Waals surface area contributed by atoms with Gasteiger partial charge in [-0.05, 0) is 17.7 Å². The third-order valence-electron chi connectivity index (χ3n) is 3.37. The second-order valence-corrected chi connectivity index (χ2v) is 4.82. The molecule has 7 heteroatoms. The molecular formula is C16H13N5O2. The predicted molar refractivity (Wildman–Crippen MR) is 85.4 cm³/mol. The van der Waals surface area contributed by atoms with Gasteiger partial charge in [0.15, 0.2) is 11.6 Å². The molecule has 7 nitrogen and oxygen atoms in total. The molecule has 0 bridgehead atoms. The number of amides is 1. The van der Waals surface area contributed by atoms with Gasteiger partial charge in [0.05, 0.1) is 18.7 Å². The van der Waals surface area contributed by atoms with E-state index in [1.54, 1.807) is 24.5 Å². The number of hydrogen-bond donors (Lipinski definition) is 3. The Hall–Kier alpha value is -3.40. The highest BCUT2D eigenvalue weighted by Crippen LogP contribution is 2.38. The normalized spacial score (nSPS) is 12.9. The minimum atomic E-state index is -0.528. The quantitative estimate of drug-likeness (QED) is 0.736. The van der Waals surface area contributed by atoms with Crippen LogP contribution in [0.2, 0.25) is 0 Å². The van der Waals surface area contributed by atoms with Gasteiger partial charge in [-0.3, -0.25) is 20.1 Å². The van der Waals surface area contributed by atoms with Crippen molar-refractivity contribution in [3.63, 3.8) is 0 Å². The number of carbonyl (C=O) groups is 1. The molecule has 0 saturated heterocycles. The Kier molecular flexibility index (Phi) is 3.89. The molecule has 3 rings (SSSR count). The summed E-state index contributed by atoms with van der Waals surface area (Å²) in [6.07, 6.45) is 3.15. The second-order valence-electron chi connectivity index (χ2n) is 4.82. The van der Waals surface area contributed by atoms with Crippen molar-refractivity contribution in [3.05, 3.63) is 53.6 Å². The van der Waals surface area contributed by atoms with Crippen molar-refractivity contribution < 1.29 is 9.90 Å². The summed E-state index contributed by atoms with van der Waals surface area (Å²) in [6, 6.07) is 6.26. The maximum Gasteiger partial charge on any atom is 0.261 e. The SMILES string of the molecule is [C-]#[N+]c1ccc(O)c(C(=O)NC2=NCCN2)c1-c1cccnc1. The molecule has 0 saturated carbocycles. The molecule has 0 unspecified atom stereocenters. The van der Waals surface area contributed by atoms with Crippen LogP contribution in [0.1, 0.15) is 10.4 Å². The minimum absolute atomic E-state index is 0.0305. The number of aliphatic imine (C=N–C) groups is 1. The van der Waals surface area contributed by atoms with Crippen molar-refractivity contribution in [1.29, 1.82) is 0 Å². The molecular weight excluding hydrogens is 294 g/mol.